The van der Waals surface area contributed by atoms with Gasteiger partial charge in [0, 0.05) is 33.1 Å². The Morgan fingerprint density at radius 2 is 1.71 bits per heavy atom. The monoisotopic (exact) mass is 447 g/mol. The highest BCUT2D eigenvalue weighted by molar-refractivity contribution is 7.89. The zero-order chi connectivity index (χ0) is 22.3. The molecule has 6 nitrogen and oxygen atoms in total. The zero-order valence-corrected chi connectivity index (χ0v) is 18.7. The Hall–Kier alpha value is -2.29. The van der Waals surface area contributed by atoms with Gasteiger partial charge in [-0.25, -0.2) is 17.1 Å². The summed E-state index contributed by atoms with van der Waals surface area (Å²) < 4.78 is 39.2. The molecule has 1 saturated heterocycles. The Balaban J connectivity index is 1.45. The zero-order valence-electron chi connectivity index (χ0n) is 17.9. The molecular formula is C23H30FN3O3S. The highest BCUT2D eigenvalue weighted by atomic mass is 32.2. The second-order valence-electron chi connectivity index (χ2n) is 7.91. The molecule has 1 heterocycles. The van der Waals surface area contributed by atoms with Crippen LogP contribution in [0.3, 0.4) is 0 Å². The van der Waals surface area contributed by atoms with Gasteiger partial charge in [-0.2, -0.15) is 0 Å². The number of halogens is 1. The normalized spacial score (nSPS) is 14.8. The van der Waals surface area contributed by atoms with Crippen LogP contribution in [-0.4, -0.2) is 50.2 Å². The third kappa shape index (κ3) is 6.59. The predicted molar refractivity (Wildman–Crippen MR) is 118 cm³/mol. The van der Waals surface area contributed by atoms with Crippen LogP contribution in [0.5, 0.6) is 0 Å². The Labute approximate surface area is 184 Å². The molecule has 168 valence electrons. The first-order valence-electron chi connectivity index (χ1n) is 10.6. The van der Waals surface area contributed by atoms with Gasteiger partial charge in [0.2, 0.25) is 15.9 Å². The summed E-state index contributed by atoms with van der Waals surface area (Å²) in [6.07, 6.45) is 3.12. The van der Waals surface area contributed by atoms with Crippen molar-refractivity contribution in [2.45, 2.75) is 43.7 Å². The van der Waals surface area contributed by atoms with Crippen LogP contribution in [0.2, 0.25) is 0 Å². The van der Waals surface area contributed by atoms with E-state index in [0.29, 0.717) is 13.0 Å². The number of carbonyl (C=O) groups excluding carboxylic acids is 1. The van der Waals surface area contributed by atoms with Crippen LogP contribution in [-0.2, 0) is 27.9 Å². The van der Waals surface area contributed by atoms with Crippen molar-refractivity contribution in [1.82, 2.24) is 14.5 Å². The molecule has 1 aliphatic rings. The van der Waals surface area contributed by atoms with Crippen molar-refractivity contribution in [3.8, 4) is 0 Å². The number of rotatable bonds is 10. The van der Waals surface area contributed by atoms with E-state index in [1.54, 1.807) is 0 Å². The Morgan fingerprint density at radius 1 is 1.06 bits per heavy atom. The maximum absolute atomic E-state index is 13.0. The molecule has 0 saturated carbocycles. The van der Waals surface area contributed by atoms with Gasteiger partial charge in [-0.3, -0.25) is 9.69 Å². The van der Waals surface area contributed by atoms with Gasteiger partial charge in [-0.05, 0) is 67.7 Å². The van der Waals surface area contributed by atoms with Gasteiger partial charge in [-0.1, -0.05) is 24.3 Å². The van der Waals surface area contributed by atoms with E-state index in [1.165, 1.54) is 41.9 Å². The minimum atomic E-state index is -3.70. The highest BCUT2D eigenvalue weighted by Crippen LogP contribution is 2.17. The lowest BCUT2D eigenvalue weighted by Gasteiger charge is -2.18. The van der Waals surface area contributed by atoms with Crippen molar-refractivity contribution in [3.05, 3.63) is 65.5 Å². The van der Waals surface area contributed by atoms with Crippen molar-refractivity contribution in [1.29, 1.82) is 0 Å². The number of nitrogens with one attached hydrogen (secondary N) is 1. The average Bonchev–Trinajstić information content (AvgIpc) is 3.26. The molecule has 0 aromatic heterocycles. The summed E-state index contributed by atoms with van der Waals surface area (Å²) in [5.74, 6) is -0.594. The van der Waals surface area contributed by atoms with E-state index in [1.807, 2.05) is 18.2 Å². The summed E-state index contributed by atoms with van der Waals surface area (Å²) in [7, 11) is -2.23. The molecule has 2 aromatic carbocycles. The minimum Gasteiger partial charge on any atom is -0.352 e. The Bertz CT molecular complexity index is 974. The predicted octanol–water partition coefficient (Wildman–Crippen LogP) is 3.14. The Kier molecular flexibility index (Phi) is 8.17. The third-order valence-corrected chi connectivity index (χ3v) is 7.46. The smallest absolute Gasteiger partial charge is 0.242 e. The lowest BCUT2D eigenvalue weighted by atomic mass is 10.1. The van der Waals surface area contributed by atoms with Crippen LogP contribution in [0.25, 0.3) is 0 Å². The average molecular weight is 448 g/mol. The molecule has 2 aromatic rings. The SMILES string of the molecule is CN(CCCC(=O)NCc1ccccc1CN1CCCC1)S(=O)(=O)c1ccc(F)cc1. The van der Waals surface area contributed by atoms with E-state index in [4.69, 9.17) is 0 Å². The first-order valence-corrected chi connectivity index (χ1v) is 12.1. The molecule has 0 aliphatic carbocycles. The molecule has 0 atom stereocenters. The van der Waals surface area contributed by atoms with Crippen LogP contribution in [0.15, 0.2) is 53.4 Å². The van der Waals surface area contributed by atoms with Gasteiger partial charge in [0.1, 0.15) is 5.82 Å². The van der Waals surface area contributed by atoms with Gasteiger partial charge in [0.05, 0.1) is 4.90 Å². The number of hydrogen-bond donors (Lipinski definition) is 1. The molecular weight excluding hydrogens is 417 g/mol. The molecule has 0 spiro atoms. The van der Waals surface area contributed by atoms with Gasteiger partial charge >= 0.3 is 0 Å². The van der Waals surface area contributed by atoms with Crippen LogP contribution in [0, 0.1) is 5.82 Å². The number of likely N-dealkylation sites (tertiary alicyclic amines) is 1. The number of nitrogens with zero attached hydrogens (tertiary/aromatic N) is 2. The fourth-order valence-electron chi connectivity index (χ4n) is 3.72. The van der Waals surface area contributed by atoms with Crippen LogP contribution >= 0.6 is 0 Å². The van der Waals surface area contributed by atoms with Gasteiger partial charge in [0.15, 0.2) is 0 Å². The van der Waals surface area contributed by atoms with Gasteiger partial charge in [-0.15, -0.1) is 0 Å². The summed E-state index contributed by atoms with van der Waals surface area (Å²) in [6.45, 7) is 3.81. The fraction of sp³-hybridized carbons (Fsp3) is 0.435. The quantitative estimate of drug-likeness (QED) is 0.608. The number of sulfonamides is 1. The largest absolute Gasteiger partial charge is 0.352 e. The van der Waals surface area contributed by atoms with Crippen molar-refractivity contribution in [3.63, 3.8) is 0 Å². The molecule has 0 radical (unpaired) electrons. The summed E-state index contributed by atoms with van der Waals surface area (Å²) in [6, 6.07) is 12.9. The molecule has 1 amide bonds. The van der Waals surface area contributed by atoms with Crippen molar-refractivity contribution < 1.29 is 17.6 Å². The second-order valence-corrected chi connectivity index (χ2v) is 9.96. The Morgan fingerprint density at radius 3 is 2.39 bits per heavy atom. The third-order valence-electron chi connectivity index (χ3n) is 5.59. The molecule has 8 heteroatoms. The van der Waals surface area contributed by atoms with Crippen LogP contribution < -0.4 is 5.32 Å². The maximum Gasteiger partial charge on any atom is 0.242 e. The summed E-state index contributed by atoms with van der Waals surface area (Å²) >= 11 is 0. The van der Waals surface area contributed by atoms with E-state index in [0.717, 1.165) is 37.3 Å². The molecule has 31 heavy (non-hydrogen) atoms. The van der Waals surface area contributed by atoms with Gasteiger partial charge in [0.25, 0.3) is 0 Å². The topological polar surface area (TPSA) is 69.7 Å². The first kappa shape index (κ1) is 23.4. The van der Waals surface area contributed by atoms with Crippen LogP contribution in [0.4, 0.5) is 4.39 Å². The highest BCUT2D eigenvalue weighted by Gasteiger charge is 2.20. The van der Waals surface area contributed by atoms with Crippen molar-refractivity contribution in [2.75, 3.05) is 26.7 Å². The van der Waals surface area contributed by atoms with Gasteiger partial charge < -0.3 is 5.32 Å². The number of hydrogen-bond acceptors (Lipinski definition) is 4. The lowest BCUT2D eigenvalue weighted by molar-refractivity contribution is -0.121. The standard InChI is InChI=1S/C23H30FN3O3S/c1-26(31(29,30)22-12-10-21(24)11-13-22)14-6-9-23(28)25-17-19-7-2-3-8-20(19)18-27-15-4-5-16-27/h2-3,7-8,10-13H,4-6,9,14-18H2,1H3,(H,25,28). The van der Waals surface area contributed by atoms with E-state index in [2.05, 4.69) is 16.3 Å². The van der Waals surface area contributed by atoms with Crippen LogP contribution in [0.1, 0.15) is 36.8 Å². The van der Waals surface area contributed by atoms with Crippen molar-refractivity contribution in [2.24, 2.45) is 0 Å². The summed E-state index contributed by atoms with van der Waals surface area (Å²) in [5.41, 5.74) is 2.34. The minimum absolute atomic E-state index is 0.0375. The number of amides is 1. The summed E-state index contributed by atoms with van der Waals surface area (Å²) in [4.78, 5) is 14.7. The first-order chi connectivity index (χ1) is 14.9. The van der Waals surface area contributed by atoms with E-state index in [-0.39, 0.29) is 23.8 Å². The number of benzene rings is 2. The molecule has 1 N–H and O–H groups in total. The van der Waals surface area contributed by atoms with Crippen molar-refractivity contribution >= 4 is 15.9 Å². The van der Waals surface area contributed by atoms with E-state index >= 15 is 0 Å². The molecule has 1 fully saturated rings. The van der Waals surface area contributed by atoms with E-state index < -0.39 is 15.8 Å². The molecule has 3 rings (SSSR count). The fourth-order valence-corrected chi connectivity index (χ4v) is 4.93. The molecule has 0 unspecified atom stereocenters. The lowest BCUT2D eigenvalue weighted by Crippen LogP contribution is -2.30. The maximum atomic E-state index is 13.0. The summed E-state index contributed by atoms with van der Waals surface area (Å²) in [5, 5.41) is 2.95. The molecule has 1 aliphatic heterocycles. The molecule has 0 bridgehead atoms. The number of carbonyl (C=O) groups is 1. The second kappa shape index (κ2) is 10.8. The van der Waals surface area contributed by atoms with E-state index in [9.17, 15) is 17.6 Å².